The van der Waals surface area contributed by atoms with E-state index in [0.29, 0.717) is 0 Å². The third kappa shape index (κ3) is 4.12. The molecule has 1 aromatic rings. The van der Waals surface area contributed by atoms with Gasteiger partial charge in [0.25, 0.3) is 0 Å². The minimum absolute atomic E-state index is 0.758. The average Bonchev–Trinajstić information content (AvgIpc) is 2.69. The first-order valence-electron chi connectivity index (χ1n) is 11.5. The predicted octanol–water partition coefficient (Wildman–Crippen LogP) is 7.21. The molecule has 3 aliphatic carbocycles. The first kappa shape index (κ1) is 18.4. The molecule has 0 bridgehead atoms. The first-order chi connectivity index (χ1) is 12.7. The molecule has 4 rings (SSSR count). The van der Waals surface area contributed by atoms with Crippen LogP contribution < -0.4 is 4.74 Å². The monoisotopic (exact) mass is 354 g/mol. The van der Waals surface area contributed by atoms with E-state index in [0.717, 1.165) is 47.9 Å². The van der Waals surface area contributed by atoms with Gasteiger partial charge in [0, 0.05) is 0 Å². The number of ether oxygens (including phenoxy) is 1. The fourth-order valence-electron chi connectivity index (χ4n) is 6.42. The molecule has 1 heteroatoms. The van der Waals surface area contributed by atoms with Crippen LogP contribution in [-0.4, -0.2) is 6.61 Å². The van der Waals surface area contributed by atoms with Gasteiger partial charge in [-0.1, -0.05) is 31.9 Å². The van der Waals surface area contributed by atoms with E-state index in [2.05, 4.69) is 38.1 Å². The lowest BCUT2D eigenvalue weighted by atomic mass is 9.60. The van der Waals surface area contributed by atoms with E-state index >= 15 is 0 Å². The lowest BCUT2D eigenvalue weighted by Crippen LogP contribution is -2.34. The van der Waals surface area contributed by atoms with Crippen LogP contribution in [0, 0.1) is 29.6 Å². The lowest BCUT2D eigenvalue weighted by Gasteiger charge is -2.45. The second-order valence-electron chi connectivity index (χ2n) is 9.63. The van der Waals surface area contributed by atoms with Crippen molar-refractivity contribution in [3.05, 3.63) is 29.8 Å². The molecule has 0 N–H and O–H groups in total. The Bertz CT molecular complexity index is 554. The second-order valence-corrected chi connectivity index (χ2v) is 9.63. The molecule has 0 radical (unpaired) electrons. The van der Waals surface area contributed by atoms with Gasteiger partial charge in [-0.05, 0) is 111 Å². The highest BCUT2D eigenvalue weighted by Crippen LogP contribution is 2.50. The van der Waals surface area contributed by atoms with Crippen molar-refractivity contribution in [2.75, 3.05) is 6.61 Å². The van der Waals surface area contributed by atoms with Crippen molar-refractivity contribution >= 4 is 0 Å². The van der Waals surface area contributed by atoms with Gasteiger partial charge in [-0.25, -0.2) is 0 Å². The maximum absolute atomic E-state index is 5.61. The zero-order valence-electron chi connectivity index (χ0n) is 17.0. The average molecular weight is 355 g/mol. The molecule has 0 heterocycles. The van der Waals surface area contributed by atoms with E-state index in [-0.39, 0.29) is 0 Å². The van der Waals surface area contributed by atoms with Crippen LogP contribution in [0.25, 0.3) is 0 Å². The van der Waals surface area contributed by atoms with E-state index in [9.17, 15) is 0 Å². The highest BCUT2D eigenvalue weighted by molar-refractivity contribution is 5.29. The summed E-state index contributed by atoms with van der Waals surface area (Å²) in [5, 5.41) is 0. The van der Waals surface area contributed by atoms with E-state index < -0.39 is 0 Å². The molecule has 3 aliphatic rings. The minimum Gasteiger partial charge on any atom is -0.494 e. The van der Waals surface area contributed by atoms with Gasteiger partial charge in [0.1, 0.15) is 5.75 Å². The van der Waals surface area contributed by atoms with Gasteiger partial charge in [0.15, 0.2) is 0 Å². The van der Waals surface area contributed by atoms with E-state index in [1.807, 2.05) is 0 Å². The van der Waals surface area contributed by atoms with Gasteiger partial charge in [-0.3, -0.25) is 0 Å². The molecule has 0 saturated heterocycles. The van der Waals surface area contributed by atoms with Crippen LogP contribution in [0.5, 0.6) is 5.75 Å². The molecular weight excluding hydrogens is 316 g/mol. The van der Waals surface area contributed by atoms with Gasteiger partial charge in [-0.2, -0.15) is 0 Å². The standard InChI is InChI=1S/C25H38O/c1-3-26-25-14-12-20(13-15-25)22-9-11-23-16-21(8-10-24(23)17-22)19-6-4-18(2)5-7-19/h12-15,18-19,21-24H,3-11,16-17H2,1-2H3. The van der Waals surface area contributed by atoms with Crippen molar-refractivity contribution in [1.82, 2.24) is 0 Å². The van der Waals surface area contributed by atoms with Crippen LogP contribution in [0.4, 0.5) is 0 Å². The number of fused-ring (bicyclic) bond motifs is 1. The molecule has 1 nitrogen and oxygen atoms in total. The van der Waals surface area contributed by atoms with Crippen molar-refractivity contribution in [2.45, 2.75) is 84.0 Å². The highest BCUT2D eigenvalue weighted by atomic mass is 16.5. The molecule has 0 spiro atoms. The number of hydrogen-bond donors (Lipinski definition) is 0. The van der Waals surface area contributed by atoms with Crippen LogP contribution in [0.15, 0.2) is 24.3 Å². The van der Waals surface area contributed by atoms with E-state index in [1.165, 1.54) is 57.8 Å². The summed E-state index contributed by atoms with van der Waals surface area (Å²) < 4.78 is 5.61. The van der Waals surface area contributed by atoms with Crippen LogP contribution in [-0.2, 0) is 0 Å². The van der Waals surface area contributed by atoms with Gasteiger partial charge in [0.2, 0.25) is 0 Å². The van der Waals surface area contributed by atoms with Gasteiger partial charge in [-0.15, -0.1) is 0 Å². The molecule has 3 fully saturated rings. The summed E-state index contributed by atoms with van der Waals surface area (Å²) in [4.78, 5) is 0. The molecular formula is C25H38O. The minimum atomic E-state index is 0.758. The molecule has 4 unspecified atom stereocenters. The Morgan fingerprint density at radius 3 is 2.00 bits per heavy atom. The Morgan fingerprint density at radius 2 is 1.31 bits per heavy atom. The number of benzene rings is 1. The first-order valence-corrected chi connectivity index (χ1v) is 11.5. The van der Waals surface area contributed by atoms with E-state index in [4.69, 9.17) is 4.74 Å². The summed E-state index contributed by atoms with van der Waals surface area (Å²) in [6.07, 6.45) is 14.9. The van der Waals surface area contributed by atoms with Crippen molar-refractivity contribution in [3.63, 3.8) is 0 Å². The summed E-state index contributed by atoms with van der Waals surface area (Å²) in [5.41, 5.74) is 1.55. The zero-order valence-corrected chi connectivity index (χ0v) is 17.0. The number of rotatable bonds is 4. The predicted molar refractivity (Wildman–Crippen MR) is 110 cm³/mol. The topological polar surface area (TPSA) is 9.23 Å². The molecule has 1 aromatic carbocycles. The normalized spacial score (nSPS) is 37.8. The second kappa shape index (κ2) is 8.36. The molecule has 144 valence electrons. The Hall–Kier alpha value is -0.980. The fraction of sp³-hybridized carbons (Fsp3) is 0.760. The van der Waals surface area contributed by atoms with Crippen LogP contribution in [0.2, 0.25) is 0 Å². The molecule has 0 aliphatic heterocycles. The fourth-order valence-corrected chi connectivity index (χ4v) is 6.42. The van der Waals surface area contributed by atoms with Crippen molar-refractivity contribution in [3.8, 4) is 5.75 Å². The Labute approximate surface area is 160 Å². The summed E-state index contributed by atoms with van der Waals surface area (Å²) in [7, 11) is 0. The molecule has 0 aromatic heterocycles. The summed E-state index contributed by atoms with van der Waals surface area (Å²) in [6, 6.07) is 8.99. The van der Waals surface area contributed by atoms with E-state index in [1.54, 1.807) is 12.0 Å². The third-order valence-corrected chi connectivity index (χ3v) is 8.04. The summed E-state index contributed by atoms with van der Waals surface area (Å²) >= 11 is 0. The Morgan fingerprint density at radius 1 is 0.731 bits per heavy atom. The Kier molecular flexibility index (Phi) is 5.91. The maximum atomic E-state index is 5.61. The molecule has 4 atom stereocenters. The molecule has 3 saturated carbocycles. The lowest BCUT2D eigenvalue weighted by molar-refractivity contribution is 0.0732. The highest BCUT2D eigenvalue weighted by Gasteiger charge is 2.38. The van der Waals surface area contributed by atoms with Gasteiger partial charge < -0.3 is 4.74 Å². The Balaban J connectivity index is 1.32. The van der Waals surface area contributed by atoms with Crippen molar-refractivity contribution in [1.29, 1.82) is 0 Å². The van der Waals surface area contributed by atoms with Crippen LogP contribution in [0.1, 0.15) is 89.5 Å². The quantitative estimate of drug-likeness (QED) is 0.555. The largest absolute Gasteiger partial charge is 0.494 e. The summed E-state index contributed by atoms with van der Waals surface area (Å²) in [5.74, 6) is 6.96. The summed E-state index contributed by atoms with van der Waals surface area (Å²) in [6.45, 7) is 5.27. The maximum Gasteiger partial charge on any atom is 0.119 e. The zero-order chi connectivity index (χ0) is 17.9. The van der Waals surface area contributed by atoms with Crippen molar-refractivity contribution < 1.29 is 4.74 Å². The van der Waals surface area contributed by atoms with Gasteiger partial charge in [0.05, 0.1) is 6.61 Å². The van der Waals surface area contributed by atoms with Crippen LogP contribution in [0.3, 0.4) is 0 Å². The molecule has 26 heavy (non-hydrogen) atoms. The van der Waals surface area contributed by atoms with Crippen molar-refractivity contribution in [2.24, 2.45) is 29.6 Å². The SMILES string of the molecule is CCOc1ccc(C2CCC3CC(C4CCC(C)CC4)CCC3C2)cc1. The molecule has 0 amide bonds. The third-order valence-electron chi connectivity index (χ3n) is 8.04. The van der Waals surface area contributed by atoms with Gasteiger partial charge >= 0.3 is 0 Å². The van der Waals surface area contributed by atoms with Crippen LogP contribution >= 0.6 is 0 Å². The smallest absolute Gasteiger partial charge is 0.119 e. The number of hydrogen-bond acceptors (Lipinski definition) is 1.